The van der Waals surface area contributed by atoms with Crippen LogP contribution in [0.15, 0.2) is 109 Å². The van der Waals surface area contributed by atoms with E-state index in [2.05, 4.69) is 51.7 Å². The van der Waals surface area contributed by atoms with Crippen molar-refractivity contribution in [2.24, 2.45) is 0 Å². The van der Waals surface area contributed by atoms with E-state index in [0.29, 0.717) is 18.7 Å². The smallest absolute Gasteiger partial charge is 0.337 e. The third-order valence-electron chi connectivity index (χ3n) is 6.73. The van der Waals surface area contributed by atoms with Crippen LogP contribution in [0.3, 0.4) is 0 Å². The molecule has 0 amide bonds. The van der Waals surface area contributed by atoms with Crippen LogP contribution < -0.4 is 10.1 Å². The molecular formula is C33H27N3O3. The fourth-order valence-electron chi connectivity index (χ4n) is 4.73. The van der Waals surface area contributed by atoms with Crippen molar-refractivity contribution in [3.05, 3.63) is 120 Å². The Hall–Kier alpha value is -5.10. The maximum atomic E-state index is 11.9. The number of para-hydroxylation sites is 3. The van der Waals surface area contributed by atoms with Gasteiger partial charge in [0.15, 0.2) is 0 Å². The predicted molar refractivity (Wildman–Crippen MR) is 157 cm³/mol. The molecule has 0 bridgehead atoms. The zero-order chi connectivity index (χ0) is 26.6. The van der Waals surface area contributed by atoms with E-state index in [0.717, 1.165) is 49.9 Å². The maximum absolute atomic E-state index is 11.9. The van der Waals surface area contributed by atoms with Crippen molar-refractivity contribution in [3.63, 3.8) is 0 Å². The molecule has 2 N–H and O–H groups in total. The van der Waals surface area contributed by atoms with Gasteiger partial charge in [-0.3, -0.25) is 4.98 Å². The molecule has 6 aromatic rings. The van der Waals surface area contributed by atoms with Crippen molar-refractivity contribution >= 4 is 50.4 Å². The van der Waals surface area contributed by atoms with Gasteiger partial charge in [0.05, 0.1) is 35.6 Å². The molecule has 4 aromatic carbocycles. The van der Waals surface area contributed by atoms with E-state index in [1.54, 1.807) is 12.1 Å². The summed E-state index contributed by atoms with van der Waals surface area (Å²) in [5, 5.41) is 6.88. The van der Waals surface area contributed by atoms with Gasteiger partial charge in [-0.15, -0.1) is 0 Å². The molecule has 0 fully saturated rings. The highest BCUT2D eigenvalue weighted by Crippen LogP contribution is 2.31. The summed E-state index contributed by atoms with van der Waals surface area (Å²) in [7, 11) is 1.38. The van der Waals surface area contributed by atoms with E-state index in [1.165, 1.54) is 12.5 Å². The molecular weight excluding hydrogens is 486 g/mol. The summed E-state index contributed by atoms with van der Waals surface area (Å²) in [5.41, 5.74) is 6.45. The quantitative estimate of drug-likeness (QED) is 0.210. The van der Waals surface area contributed by atoms with Crippen LogP contribution in [0.4, 0.5) is 5.69 Å². The fourth-order valence-corrected chi connectivity index (χ4v) is 4.73. The van der Waals surface area contributed by atoms with Crippen LogP contribution in [0.1, 0.15) is 15.9 Å². The summed E-state index contributed by atoms with van der Waals surface area (Å²) in [6, 6.07) is 31.9. The van der Waals surface area contributed by atoms with Crippen LogP contribution in [0.25, 0.3) is 38.8 Å². The number of carbonyl (C=O) groups excluding carboxylic acids is 1. The third kappa shape index (κ3) is 5.18. The number of fused-ring (bicyclic) bond motifs is 4. The molecule has 2 heterocycles. The van der Waals surface area contributed by atoms with Crippen LogP contribution in [0, 0.1) is 0 Å². The number of methoxy groups -OCH3 is 1. The molecule has 6 rings (SSSR count). The second kappa shape index (κ2) is 10.7. The molecule has 0 atom stereocenters. The maximum Gasteiger partial charge on any atom is 0.337 e. The number of aromatic nitrogens is 2. The summed E-state index contributed by atoms with van der Waals surface area (Å²) in [6.07, 6.45) is 3.92. The number of esters is 1. The van der Waals surface area contributed by atoms with Crippen LogP contribution in [0.2, 0.25) is 0 Å². The Morgan fingerprint density at radius 2 is 1.72 bits per heavy atom. The molecule has 2 aromatic heterocycles. The Balaban J connectivity index is 1.27. The van der Waals surface area contributed by atoms with Crippen LogP contribution in [-0.2, 0) is 4.74 Å². The van der Waals surface area contributed by atoms with Gasteiger partial charge in [0.1, 0.15) is 12.4 Å². The number of nitrogens with zero attached hydrogens (tertiary/aromatic N) is 1. The lowest BCUT2D eigenvalue weighted by atomic mass is 10.1. The summed E-state index contributed by atoms with van der Waals surface area (Å²) in [5.74, 6) is 0.439. The number of rotatable bonds is 8. The van der Waals surface area contributed by atoms with Gasteiger partial charge < -0.3 is 19.8 Å². The second-order valence-electron chi connectivity index (χ2n) is 9.32. The zero-order valence-corrected chi connectivity index (χ0v) is 21.5. The summed E-state index contributed by atoms with van der Waals surface area (Å²) < 4.78 is 11.2. The monoisotopic (exact) mass is 513 g/mol. The van der Waals surface area contributed by atoms with Gasteiger partial charge in [0.25, 0.3) is 0 Å². The van der Waals surface area contributed by atoms with Gasteiger partial charge in [-0.25, -0.2) is 4.79 Å². The number of nitrogens with one attached hydrogen (secondary N) is 2. The lowest BCUT2D eigenvalue weighted by Crippen LogP contribution is -2.12. The summed E-state index contributed by atoms with van der Waals surface area (Å²) in [6.45, 7) is 0.933. The highest BCUT2D eigenvalue weighted by atomic mass is 16.5. The number of hydrogen-bond donors (Lipinski definition) is 2. The first-order valence-electron chi connectivity index (χ1n) is 12.8. The Labute approximate surface area is 225 Å². The van der Waals surface area contributed by atoms with Crippen molar-refractivity contribution in [1.29, 1.82) is 0 Å². The second-order valence-corrected chi connectivity index (χ2v) is 9.32. The Kier molecular flexibility index (Phi) is 6.66. The zero-order valence-electron chi connectivity index (χ0n) is 21.5. The predicted octanol–water partition coefficient (Wildman–Crippen LogP) is 7.23. The van der Waals surface area contributed by atoms with Crippen LogP contribution in [-0.4, -0.2) is 36.2 Å². The Morgan fingerprint density at radius 1 is 0.923 bits per heavy atom. The minimum atomic E-state index is -0.356. The molecule has 6 heteroatoms. The minimum absolute atomic E-state index is 0.356. The fraction of sp³-hybridized carbons (Fsp3) is 0.0909. The average Bonchev–Trinajstić information content (AvgIpc) is 3.38. The Morgan fingerprint density at radius 3 is 2.59 bits per heavy atom. The molecule has 0 unspecified atom stereocenters. The molecule has 0 saturated heterocycles. The normalized spacial score (nSPS) is 11.7. The standard InChI is InChI=1S/C33H27N3O3/c1-38-33(37)24-15-13-22(14-16-24)17-23(19-34-26-18-25-7-2-4-10-29(25)35-20-26)21-39-31-12-6-9-28-27-8-3-5-11-30(27)36-32(28)31/h2-18,20,34,36H,19,21H2,1H3. The first-order valence-corrected chi connectivity index (χ1v) is 12.8. The number of anilines is 1. The van der Waals surface area contributed by atoms with Crippen molar-refractivity contribution < 1.29 is 14.3 Å². The van der Waals surface area contributed by atoms with Gasteiger partial charge in [0, 0.05) is 28.2 Å². The molecule has 0 aliphatic rings. The van der Waals surface area contributed by atoms with Crippen LogP contribution >= 0.6 is 0 Å². The van der Waals surface area contributed by atoms with Gasteiger partial charge in [-0.2, -0.15) is 0 Å². The van der Waals surface area contributed by atoms with E-state index in [4.69, 9.17) is 9.47 Å². The first kappa shape index (κ1) is 24.2. The Bertz CT molecular complexity index is 1820. The third-order valence-corrected chi connectivity index (χ3v) is 6.73. The number of benzene rings is 4. The number of H-pyrrole nitrogens is 1. The molecule has 6 nitrogen and oxygen atoms in total. The largest absolute Gasteiger partial charge is 0.487 e. The first-order chi connectivity index (χ1) is 19.2. The molecule has 39 heavy (non-hydrogen) atoms. The molecule has 0 saturated carbocycles. The number of hydrogen-bond acceptors (Lipinski definition) is 5. The van der Waals surface area contributed by atoms with Crippen molar-refractivity contribution in [2.75, 3.05) is 25.6 Å². The molecule has 192 valence electrons. The van der Waals surface area contributed by atoms with E-state index in [1.807, 2.05) is 60.8 Å². The average molecular weight is 514 g/mol. The number of aromatic amines is 1. The number of carbonyl (C=O) groups is 1. The van der Waals surface area contributed by atoms with Gasteiger partial charge in [0.2, 0.25) is 0 Å². The van der Waals surface area contributed by atoms with E-state index in [9.17, 15) is 4.79 Å². The number of ether oxygens (including phenoxy) is 2. The van der Waals surface area contributed by atoms with Gasteiger partial charge >= 0.3 is 5.97 Å². The molecule has 0 aliphatic carbocycles. The van der Waals surface area contributed by atoms with E-state index >= 15 is 0 Å². The molecule has 0 aliphatic heterocycles. The topological polar surface area (TPSA) is 76.2 Å². The highest BCUT2D eigenvalue weighted by molar-refractivity contribution is 6.09. The van der Waals surface area contributed by atoms with Gasteiger partial charge in [-0.1, -0.05) is 66.7 Å². The van der Waals surface area contributed by atoms with Crippen molar-refractivity contribution in [3.8, 4) is 5.75 Å². The van der Waals surface area contributed by atoms with Crippen molar-refractivity contribution in [1.82, 2.24) is 9.97 Å². The van der Waals surface area contributed by atoms with E-state index < -0.39 is 0 Å². The summed E-state index contributed by atoms with van der Waals surface area (Å²) in [4.78, 5) is 19.9. The van der Waals surface area contributed by atoms with Gasteiger partial charge in [-0.05, 0) is 47.5 Å². The highest BCUT2D eigenvalue weighted by Gasteiger charge is 2.10. The minimum Gasteiger partial charge on any atom is -0.487 e. The lowest BCUT2D eigenvalue weighted by molar-refractivity contribution is 0.0600. The number of pyridine rings is 1. The SMILES string of the molecule is COC(=O)c1ccc(C=C(CNc2cnc3ccccc3c2)COc2cccc3c2[nH]c2ccccc23)cc1. The lowest BCUT2D eigenvalue weighted by Gasteiger charge is -2.13. The van der Waals surface area contributed by atoms with Crippen LogP contribution in [0.5, 0.6) is 5.75 Å². The molecule has 0 radical (unpaired) electrons. The van der Waals surface area contributed by atoms with Crippen molar-refractivity contribution in [2.45, 2.75) is 0 Å². The van der Waals surface area contributed by atoms with E-state index in [-0.39, 0.29) is 5.97 Å². The molecule has 0 spiro atoms. The summed E-state index contributed by atoms with van der Waals surface area (Å²) >= 11 is 0.